The predicted molar refractivity (Wildman–Crippen MR) is 110 cm³/mol. The molecule has 0 saturated carbocycles. The molecule has 154 valence electrons. The summed E-state index contributed by atoms with van der Waals surface area (Å²) in [6, 6.07) is 8.39. The molecule has 0 spiro atoms. The largest absolute Gasteiger partial charge is 0.453 e. The van der Waals surface area contributed by atoms with E-state index in [0.717, 1.165) is 0 Å². The van der Waals surface area contributed by atoms with Crippen LogP contribution in [-0.2, 0) is 9.47 Å². The van der Waals surface area contributed by atoms with Crippen LogP contribution in [0.2, 0.25) is 19.6 Å². The molecule has 0 aromatic heterocycles. The van der Waals surface area contributed by atoms with Crippen LogP contribution in [0.5, 0.6) is 0 Å². The third-order valence-electron chi connectivity index (χ3n) is 4.50. The molecule has 1 aliphatic heterocycles. The van der Waals surface area contributed by atoms with Crippen LogP contribution in [0.3, 0.4) is 0 Å². The number of aliphatic hydroxyl groups is 3. The summed E-state index contributed by atoms with van der Waals surface area (Å²) in [4.78, 5) is 12.4. The van der Waals surface area contributed by atoms with Gasteiger partial charge < -0.3 is 24.8 Å². The molecule has 1 aromatic carbocycles. The quantitative estimate of drug-likeness (QED) is 0.364. The van der Waals surface area contributed by atoms with Crippen molar-refractivity contribution in [3.8, 4) is 0 Å². The van der Waals surface area contributed by atoms with Crippen LogP contribution in [0, 0.1) is 0 Å². The second kappa shape index (κ2) is 9.62. The van der Waals surface area contributed by atoms with E-state index in [1.165, 1.54) is 0 Å². The molecule has 6 atom stereocenters. The van der Waals surface area contributed by atoms with Gasteiger partial charge in [0, 0.05) is 0 Å². The summed E-state index contributed by atoms with van der Waals surface area (Å²) in [5.74, 6) is -0.618. The monoisotopic (exact) mass is 406 g/mol. The van der Waals surface area contributed by atoms with Crippen LogP contribution < -0.4 is 0 Å². The summed E-state index contributed by atoms with van der Waals surface area (Å²) in [5.41, 5.74) is 2.28. The Bertz CT molecular complexity index is 684. The highest BCUT2D eigenvalue weighted by molar-refractivity contribution is 6.80. The van der Waals surface area contributed by atoms with Crippen molar-refractivity contribution in [2.45, 2.75) is 62.7 Å². The van der Waals surface area contributed by atoms with E-state index < -0.39 is 50.7 Å². The molecule has 1 aromatic rings. The van der Waals surface area contributed by atoms with Gasteiger partial charge in [-0.1, -0.05) is 55.7 Å². The van der Waals surface area contributed by atoms with Crippen LogP contribution >= 0.6 is 0 Å². The Labute approximate surface area is 167 Å². The molecule has 1 aliphatic rings. The summed E-state index contributed by atoms with van der Waals surface area (Å²) >= 11 is 0. The Kier molecular flexibility index (Phi) is 7.74. The van der Waals surface area contributed by atoms with E-state index in [9.17, 15) is 20.1 Å². The minimum atomic E-state index is -1.55. The molecular formula is C21H30O6Si. The number of aliphatic hydroxyl groups excluding tert-OH is 3. The lowest BCUT2D eigenvalue weighted by Crippen LogP contribution is -2.61. The Balaban J connectivity index is 2.17. The van der Waals surface area contributed by atoms with E-state index in [-0.39, 0.29) is 6.42 Å². The van der Waals surface area contributed by atoms with Gasteiger partial charge in [-0.25, -0.2) is 4.79 Å². The van der Waals surface area contributed by atoms with Gasteiger partial charge in [-0.05, 0) is 18.6 Å². The average molecular weight is 407 g/mol. The maximum atomic E-state index is 12.4. The smallest absolute Gasteiger partial charge is 0.338 e. The van der Waals surface area contributed by atoms with Crippen molar-refractivity contribution >= 4 is 14.0 Å². The van der Waals surface area contributed by atoms with Crippen molar-refractivity contribution in [2.24, 2.45) is 0 Å². The summed E-state index contributed by atoms with van der Waals surface area (Å²) in [7, 11) is -1.55. The van der Waals surface area contributed by atoms with Gasteiger partial charge >= 0.3 is 5.97 Å². The lowest BCUT2D eigenvalue weighted by Gasteiger charge is -2.43. The number of hydrogen-bond acceptors (Lipinski definition) is 6. The first-order valence-electron chi connectivity index (χ1n) is 9.40. The number of carbonyl (C=O) groups excluding carboxylic acids is 1. The van der Waals surface area contributed by atoms with Gasteiger partial charge in [0.15, 0.2) is 6.10 Å². The first kappa shape index (κ1) is 22.5. The second-order valence-electron chi connectivity index (χ2n) is 8.10. The molecular weight excluding hydrogens is 376 g/mol. The van der Waals surface area contributed by atoms with Crippen molar-refractivity contribution in [3.63, 3.8) is 0 Å². The van der Waals surface area contributed by atoms with Crippen molar-refractivity contribution in [3.05, 3.63) is 60.3 Å². The maximum absolute atomic E-state index is 12.4. The van der Waals surface area contributed by atoms with Gasteiger partial charge in [0.05, 0.1) is 13.6 Å². The maximum Gasteiger partial charge on any atom is 0.338 e. The molecule has 1 heterocycles. The van der Waals surface area contributed by atoms with Crippen molar-refractivity contribution in [2.75, 3.05) is 0 Å². The minimum absolute atomic E-state index is 0.289. The van der Waals surface area contributed by atoms with Crippen molar-refractivity contribution in [1.29, 1.82) is 0 Å². The molecule has 3 N–H and O–H groups in total. The van der Waals surface area contributed by atoms with E-state index in [1.807, 2.05) is 5.70 Å². The van der Waals surface area contributed by atoms with Crippen molar-refractivity contribution in [1.82, 2.24) is 0 Å². The third kappa shape index (κ3) is 5.86. The Morgan fingerprint density at radius 3 is 2.46 bits per heavy atom. The number of benzene rings is 1. The van der Waals surface area contributed by atoms with Gasteiger partial charge in [0.1, 0.15) is 30.5 Å². The van der Waals surface area contributed by atoms with E-state index in [1.54, 1.807) is 42.5 Å². The van der Waals surface area contributed by atoms with Gasteiger partial charge in [-0.2, -0.15) is 0 Å². The summed E-state index contributed by atoms with van der Waals surface area (Å²) in [5, 5.41) is 31.6. The highest BCUT2D eigenvalue weighted by atomic mass is 28.3. The molecule has 6 nitrogen and oxygen atoms in total. The first-order chi connectivity index (χ1) is 13.1. The molecule has 1 saturated heterocycles. The van der Waals surface area contributed by atoms with Crippen LogP contribution in [0.15, 0.2) is 54.8 Å². The highest BCUT2D eigenvalue weighted by Crippen LogP contribution is 2.29. The fraction of sp³-hybridized carbons (Fsp3) is 0.476. The zero-order valence-corrected chi connectivity index (χ0v) is 17.6. The number of ether oxygens (including phenoxy) is 2. The van der Waals surface area contributed by atoms with Gasteiger partial charge in [-0.15, -0.1) is 6.58 Å². The standard InChI is InChI=1S/C21H30O6Si/c1-5-9-16-20(27-21(25)14-10-7-6-8-11-14)18(24)17(23)19(26-16)15(22)12-13-28(2,3)4/h5-8,10-13,15-20,22-24H,1,9H2,2-4H3/b13-12+/t15-,16-,17-,18+,19-,20-/m0/s1. The van der Waals surface area contributed by atoms with Gasteiger partial charge in [0.2, 0.25) is 0 Å². The molecule has 28 heavy (non-hydrogen) atoms. The van der Waals surface area contributed by atoms with Crippen LogP contribution in [0.25, 0.3) is 0 Å². The average Bonchev–Trinajstić information content (AvgIpc) is 2.65. The van der Waals surface area contributed by atoms with E-state index >= 15 is 0 Å². The van der Waals surface area contributed by atoms with E-state index in [0.29, 0.717) is 5.56 Å². The topological polar surface area (TPSA) is 96.2 Å². The molecule has 0 unspecified atom stereocenters. The summed E-state index contributed by atoms with van der Waals surface area (Å²) in [6.07, 6.45) is -3.25. The van der Waals surface area contributed by atoms with Crippen LogP contribution in [0.4, 0.5) is 0 Å². The second-order valence-corrected chi connectivity index (χ2v) is 13.2. The fourth-order valence-corrected chi connectivity index (χ4v) is 3.79. The lowest BCUT2D eigenvalue weighted by molar-refractivity contribution is -0.236. The van der Waals surface area contributed by atoms with Crippen molar-refractivity contribution < 1.29 is 29.6 Å². The molecule has 0 aliphatic carbocycles. The molecule has 0 amide bonds. The van der Waals surface area contributed by atoms with Gasteiger partial charge in [0.25, 0.3) is 0 Å². The summed E-state index contributed by atoms with van der Waals surface area (Å²) in [6.45, 7) is 10.0. The SMILES string of the molecule is C=CC[C@@H]1O[C@@H]([C@@H](O)/C=C/[Si](C)(C)C)[C@@H](O)[C@@H](O)[C@H]1OC(=O)c1ccccc1. The zero-order valence-electron chi connectivity index (χ0n) is 16.6. The van der Waals surface area contributed by atoms with E-state index in [4.69, 9.17) is 9.47 Å². The number of rotatable bonds is 7. The fourth-order valence-electron chi connectivity index (χ4n) is 3.01. The molecule has 7 heteroatoms. The van der Waals surface area contributed by atoms with Crippen LogP contribution in [-0.4, -0.2) is 66.0 Å². The first-order valence-corrected chi connectivity index (χ1v) is 13.0. The molecule has 0 radical (unpaired) electrons. The zero-order chi connectivity index (χ0) is 20.9. The molecule has 1 fully saturated rings. The molecule has 0 bridgehead atoms. The highest BCUT2D eigenvalue weighted by Gasteiger charge is 2.48. The summed E-state index contributed by atoms with van der Waals surface area (Å²) < 4.78 is 11.3. The Hall–Kier alpha value is -1.77. The van der Waals surface area contributed by atoms with E-state index in [2.05, 4.69) is 26.2 Å². The lowest BCUT2D eigenvalue weighted by atomic mass is 9.90. The number of esters is 1. The Morgan fingerprint density at radius 2 is 1.89 bits per heavy atom. The minimum Gasteiger partial charge on any atom is -0.453 e. The van der Waals surface area contributed by atoms with Gasteiger partial charge in [-0.3, -0.25) is 0 Å². The number of hydrogen-bond donors (Lipinski definition) is 3. The number of carbonyl (C=O) groups is 1. The Morgan fingerprint density at radius 1 is 1.25 bits per heavy atom. The third-order valence-corrected chi connectivity index (χ3v) is 5.70. The molecule has 2 rings (SSSR count). The van der Waals surface area contributed by atoms with Crippen LogP contribution in [0.1, 0.15) is 16.8 Å². The normalized spacial score (nSPS) is 29.4. The predicted octanol–water partition coefficient (Wildman–Crippen LogP) is 2.07.